The lowest BCUT2D eigenvalue weighted by Crippen LogP contribution is -2.28. The number of hydrogen-bond acceptors (Lipinski definition) is 4. The molecule has 2 N–H and O–H groups in total. The minimum atomic E-state index is -0.108. The number of nitrogens with one attached hydrogen (secondary N) is 2. The maximum atomic E-state index is 12.1. The van der Waals surface area contributed by atoms with Gasteiger partial charge in [0.05, 0.1) is 12.1 Å². The molecule has 0 bridgehead atoms. The third-order valence-corrected chi connectivity index (χ3v) is 5.78. The molecule has 2 aromatic rings. The van der Waals surface area contributed by atoms with Gasteiger partial charge in [-0.05, 0) is 30.7 Å². The molecule has 0 saturated carbocycles. The maximum Gasteiger partial charge on any atom is 0.227 e. The molecule has 5 nitrogen and oxygen atoms in total. The van der Waals surface area contributed by atoms with Crippen LogP contribution in [0.4, 0.5) is 5.13 Å². The van der Waals surface area contributed by atoms with Crippen LogP contribution in [0.15, 0.2) is 30.3 Å². The van der Waals surface area contributed by atoms with Crippen molar-refractivity contribution in [3.05, 3.63) is 46.5 Å². The molecule has 1 aliphatic rings. The second kappa shape index (κ2) is 8.94. The van der Waals surface area contributed by atoms with E-state index in [1.54, 1.807) is 11.3 Å². The molecule has 1 heterocycles. The molecule has 3 rings (SSSR count). The Hall–Kier alpha value is -2.21. The van der Waals surface area contributed by atoms with Crippen LogP contribution >= 0.6 is 11.3 Å². The van der Waals surface area contributed by atoms with Crippen LogP contribution < -0.4 is 10.6 Å². The highest BCUT2D eigenvalue weighted by molar-refractivity contribution is 7.15. The van der Waals surface area contributed by atoms with Gasteiger partial charge in [0.25, 0.3) is 0 Å². The van der Waals surface area contributed by atoms with E-state index in [4.69, 9.17) is 0 Å². The molecule has 0 saturated heterocycles. The average molecular weight is 372 g/mol. The van der Waals surface area contributed by atoms with Crippen LogP contribution in [0.2, 0.25) is 0 Å². The average Bonchev–Trinajstić information content (AvgIpc) is 3.03. The van der Waals surface area contributed by atoms with E-state index in [0.29, 0.717) is 18.1 Å². The summed E-state index contributed by atoms with van der Waals surface area (Å²) in [4.78, 5) is 29.9. The summed E-state index contributed by atoms with van der Waals surface area (Å²) in [5.74, 6) is 0.564. The lowest BCUT2D eigenvalue weighted by molar-refractivity contribution is -0.120. The van der Waals surface area contributed by atoms with E-state index in [-0.39, 0.29) is 18.2 Å². The van der Waals surface area contributed by atoms with Crippen LogP contribution in [0.1, 0.15) is 42.3 Å². The molecular formula is C20H25N3O2S. The minimum Gasteiger partial charge on any atom is -0.355 e. The topological polar surface area (TPSA) is 71.1 Å². The number of carbonyl (C=O) groups is 2. The molecule has 0 fully saturated rings. The number of carbonyl (C=O) groups excluding carboxylic acids is 2. The SMILES string of the molecule is CCC1CCc2nc(NC(=O)CCNC(=O)Cc3ccccc3)sc2C1. The summed E-state index contributed by atoms with van der Waals surface area (Å²) >= 11 is 1.59. The normalized spacial score (nSPS) is 16.0. The minimum absolute atomic E-state index is 0.0701. The van der Waals surface area contributed by atoms with Crippen molar-refractivity contribution < 1.29 is 9.59 Å². The van der Waals surface area contributed by atoms with Gasteiger partial charge >= 0.3 is 0 Å². The summed E-state index contributed by atoms with van der Waals surface area (Å²) in [7, 11) is 0. The quantitative estimate of drug-likeness (QED) is 0.784. The molecule has 2 amide bonds. The van der Waals surface area contributed by atoms with E-state index in [0.717, 1.165) is 30.0 Å². The Bertz CT molecular complexity index is 758. The molecule has 1 atom stereocenters. The Morgan fingerprint density at radius 2 is 2.04 bits per heavy atom. The van der Waals surface area contributed by atoms with Crippen molar-refractivity contribution in [3.8, 4) is 0 Å². The van der Waals surface area contributed by atoms with Gasteiger partial charge in [0.15, 0.2) is 5.13 Å². The third kappa shape index (κ3) is 5.14. The molecule has 1 unspecified atom stereocenters. The summed E-state index contributed by atoms with van der Waals surface area (Å²) in [6.45, 7) is 2.56. The van der Waals surface area contributed by atoms with Crippen molar-refractivity contribution in [1.82, 2.24) is 10.3 Å². The number of amides is 2. The fourth-order valence-corrected chi connectivity index (χ4v) is 4.32. The Labute approximate surface area is 158 Å². The zero-order valence-corrected chi connectivity index (χ0v) is 15.9. The summed E-state index contributed by atoms with van der Waals surface area (Å²) in [6, 6.07) is 9.57. The smallest absolute Gasteiger partial charge is 0.227 e. The van der Waals surface area contributed by atoms with Crippen molar-refractivity contribution in [2.45, 2.75) is 45.4 Å². The number of rotatable bonds is 7. The van der Waals surface area contributed by atoms with Crippen LogP contribution in [-0.4, -0.2) is 23.3 Å². The van der Waals surface area contributed by atoms with Gasteiger partial charge in [-0.15, -0.1) is 11.3 Å². The van der Waals surface area contributed by atoms with Crippen LogP contribution in [0.25, 0.3) is 0 Å². The number of aryl methyl sites for hydroxylation is 1. The van der Waals surface area contributed by atoms with E-state index >= 15 is 0 Å². The first-order valence-electron chi connectivity index (χ1n) is 9.23. The van der Waals surface area contributed by atoms with Gasteiger partial charge in [0, 0.05) is 17.8 Å². The number of hydrogen-bond donors (Lipinski definition) is 2. The number of thiazole rings is 1. The Balaban J connectivity index is 1.41. The van der Waals surface area contributed by atoms with E-state index in [1.165, 1.54) is 17.7 Å². The van der Waals surface area contributed by atoms with Crippen molar-refractivity contribution >= 4 is 28.3 Å². The van der Waals surface area contributed by atoms with Crippen LogP contribution in [-0.2, 0) is 28.9 Å². The summed E-state index contributed by atoms with van der Waals surface area (Å²) < 4.78 is 0. The lowest BCUT2D eigenvalue weighted by Gasteiger charge is -2.18. The van der Waals surface area contributed by atoms with Crippen LogP contribution in [0.3, 0.4) is 0 Å². The molecular weight excluding hydrogens is 346 g/mol. The number of nitrogens with zero attached hydrogens (tertiary/aromatic N) is 1. The molecule has 1 aromatic carbocycles. The monoisotopic (exact) mass is 371 g/mol. The van der Waals surface area contributed by atoms with Crippen LogP contribution in [0, 0.1) is 5.92 Å². The summed E-state index contributed by atoms with van der Waals surface area (Å²) in [6.07, 6.45) is 5.06. The highest BCUT2D eigenvalue weighted by Crippen LogP contribution is 2.33. The molecule has 0 aliphatic heterocycles. The number of aromatic nitrogens is 1. The second-order valence-corrected chi connectivity index (χ2v) is 7.80. The lowest BCUT2D eigenvalue weighted by atomic mass is 9.89. The molecule has 0 spiro atoms. The van der Waals surface area contributed by atoms with E-state index < -0.39 is 0 Å². The third-order valence-electron chi connectivity index (χ3n) is 4.75. The number of fused-ring (bicyclic) bond motifs is 1. The van der Waals surface area contributed by atoms with Gasteiger partial charge in [-0.25, -0.2) is 4.98 Å². The van der Waals surface area contributed by atoms with E-state index in [9.17, 15) is 9.59 Å². The number of anilines is 1. The summed E-state index contributed by atoms with van der Waals surface area (Å²) in [5.41, 5.74) is 2.11. The first-order chi connectivity index (χ1) is 12.6. The van der Waals surface area contributed by atoms with Gasteiger partial charge in [-0.2, -0.15) is 0 Å². The van der Waals surface area contributed by atoms with Crippen molar-refractivity contribution in [3.63, 3.8) is 0 Å². The Kier molecular flexibility index (Phi) is 6.39. The van der Waals surface area contributed by atoms with Crippen molar-refractivity contribution in [2.24, 2.45) is 5.92 Å². The van der Waals surface area contributed by atoms with Gasteiger partial charge in [0.1, 0.15) is 0 Å². The van der Waals surface area contributed by atoms with Crippen molar-refractivity contribution in [2.75, 3.05) is 11.9 Å². The second-order valence-electron chi connectivity index (χ2n) is 6.72. The van der Waals surface area contributed by atoms with Crippen LogP contribution in [0.5, 0.6) is 0 Å². The van der Waals surface area contributed by atoms with E-state index in [2.05, 4.69) is 22.5 Å². The highest BCUT2D eigenvalue weighted by atomic mass is 32.1. The maximum absolute atomic E-state index is 12.1. The van der Waals surface area contributed by atoms with Gasteiger partial charge in [-0.1, -0.05) is 43.7 Å². The molecule has 1 aliphatic carbocycles. The van der Waals surface area contributed by atoms with Gasteiger partial charge in [0.2, 0.25) is 11.8 Å². The summed E-state index contributed by atoms with van der Waals surface area (Å²) in [5, 5.41) is 6.35. The molecule has 138 valence electrons. The molecule has 1 aromatic heterocycles. The largest absolute Gasteiger partial charge is 0.355 e. The zero-order valence-electron chi connectivity index (χ0n) is 15.1. The molecule has 0 radical (unpaired) electrons. The predicted molar refractivity (Wildman–Crippen MR) is 104 cm³/mol. The van der Waals surface area contributed by atoms with Gasteiger partial charge < -0.3 is 10.6 Å². The highest BCUT2D eigenvalue weighted by Gasteiger charge is 2.21. The first-order valence-corrected chi connectivity index (χ1v) is 10.0. The van der Waals surface area contributed by atoms with Crippen molar-refractivity contribution in [1.29, 1.82) is 0 Å². The Morgan fingerprint density at radius 1 is 1.23 bits per heavy atom. The fraction of sp³-hybridized carbons (Fsp3) is 0.450. The van der Waals surface area contributed by atoms with Gasteiger partial charge in [-0.3, -0.25) is 9.59 Å². The fourth-order valence-electron chi connectivity index (χ4n) is 3.19. The zero-order chi connectivity index (χ0) is 18.4. The first kappa shape index (κ1) is 18.6. The Morgan fingerprint density at radius 3 is 2.81 bits per heavy atom. The molecule has 6 heteroatoms. The van der Waals surface area contributed by atoms with E-state index in [1.807, 2.05) is 30.3 Å². The standard InChI is InChI=1S/C20H25N3O2S/c1-2-14-8-9-16-17(12-14)26-20(22-16)23-18(24)10-11-21-19(25)13-15-6-4-3-5-7-15/h3-7,14H,2,8-13H2,1H3,(H,21,25)(H,22,23,24). The number of benzene rings is 1. The molecule has 26 heavy (non-hydrogen) atoms. The predicted octanol–water partition coefficient (Wildman–Crippen LogP) is 3.35.